The average molecular weight is 185 g/mol. The van der Waals surface area contributed by atoms with Crippen LogP contribution in [0.4, 0.5) is 0 Å². The molecule has 13 heavy (non-hydrogen) atoms. The van der Waals surface area contributed by atoms with Crippen molar-refractivity contribution in [3.8, 4) is 0 Å². The highest BCUT2D eigenvalue weighted by Crippen LogP contribution is 2.52. The molecule has 1 unspecified atom stereocenters. The van der Waals surface area contributed by atoms with E-state index in [-0.39, 0.29) is 0 Å². The summed E-state index contributed by atoms with van der Waals surface area (Å²) in [5.41, 5.74) is 0.619. The van der Waals surface area contributed by atoms with Gasteiger partial charge in [0.25, 0.3) is 0 Å². The Morgan fingerprint density at radius 1 is 1.46 bits per heavy atom. The zero-order chi connectivity index (χ0) is 9.47. The molecule has 1 heterocycles. The first-order valence-electron chi connectivity index (χ1n) is 4.75. The molecule has 2 rings (SSSR count). The largest absolute Gasteiger partial charge is 0.479 e. The van der Waals surface area contributed by atoms with Gasteiger partial charge in [-0.05, 0) is 24.7 Å². The first-order chi connectivity index (χ1) is 6.11. The third kappa shape index (κ3) is 1.84. The van der Waals surface area contributed by atoms with E-state index in [1.54, 1.807) is 0 Å². The maximum atomic E-state index is 10.3. The van der Waals surface area contributed by atoms with E-state index in [0.717, 1.165) is 19.6 Å². The molecule has 1 saturated heterocycles. The lowest BCUT2D eigenvalue weighted by Crippen LogP contribution is -2.49. The van der Waals surface area contributed by atoms with Gasteiger partial charge >= 0.3 is 5.97 Å². The second-order valence-corrected chi connectivity index (χ2v) is 4.35. The Bertz CT molecular complexity index is 217. The summed E-state index contributed by atoms with van der Waals surface area (Å²) < 4.78 is 0. The van der Waals surface area contributed by atoms with E-state index in [0.29, 0.717) is 11.8 Å². The predicted molar refractivity (Wildman–Crippen MR) is 46.4 cm³/mol. The summed E-state index contributed by atoms with van der Waals surface area (Å²) in [6.45, 7) is 2.94. The molecule has 74 valence electrons. The fraction of sp³-hybridized carbons (Fsp3) is 0.889. The highest BCUT2D eigenvalue weighted by molar-refractivity contribution is 5.71. The van der Waals surface area contributed by atoms with Crippen molar-refractivity contribution in [1.82, 2.24) is 4.90 Å². The number of rotatable bonds is 4. The van der Waals surface area contributed by atoms with Crippen LogP contribution in [0.2, 0.25) is 0 Å². The number of aliphatic hydroxyl groups is 1. The van der Waals surface area contributed by atoms with Gasteiger partial charge in [0.1, 0.15) is 0 Å². The molecule has 0 aromatic rings. The van der Waals surface area contributed by atoms with Crippen LogP contribution < -0.4 is 0 Å². The molecular formula is C9H15NO3. The summed E-state index contributed by atoms with van der Waals surface area (Å²) in [7, 11) is 0. The van der Waals surface area contributed by atoms with Gasteiger partial charge in [0.05, 0.1) is 0 Å². The van der Waals surface area contributed by atoms with Gasteiger partial charge in [-0.3, -0.25) is 0 Å². The Labute approximate surface area is 77.2 Å². The van der Waals surface area contributed by atoms with Crippen molar-refractivity contribution >= 4 is 5.97 Å². The minimum Gasteiger partial charge on any atom is -0.479 e. The molecule has 0 aromatic heterocycles. The van der Waals surface area contributed by atoms with E-state index in [1.165, 1.54) is 12.8 Å². The molecule has 1 saturated carbocycles. The molecule has 2 fully saturated rings. The summed E-state index contributed by atoms with van der Waals surface area (Å²) in [5, 5.41) is 17.4. The van der Waals surface area contributed by atoms with Crippen LogP contribution in [0.1, 0.15) is 19.3 Å². The highest BCUT2D eigenvalue weighted by Gasteiger charge is 2.51. The number of carboxylic acids is 1. The van der Waals surface area contributed by atoms with E-state index >= 15 is 0 Å². The monoisotopic (exact) mass is 185 g/mol. The third-order valence-electron chi connectivity index (χ3n) is 3.08. The molecule has 2 aliphatic rings. The van der Waals surface area contributed by atoms with Crippen LogP contribution in [0.3, 0.4) is 0 Å². The van der Waals surface area contributed by atoms with Crippen LogP contribution in [-0.4, -0.2) is 46.8 Å². The van der Waals surface area contributed by atoms with E-state index < -0.39 is 12.1 Å². The minimum atomic E-state index is -1.18. The Kier molecular flexibility index (Phi) is 2.04. The average Bonchev–Trinajstić information content (AvgIpc) is 2.76. The number of nitrogens with zero attached hydrogens (tertiary/aromatic N) is 1. The number of aliphatic carboxylic acids is 1. The molecule has 4 nitrogen and oxygen atoms in total. The van der Waals surface area contributed by atoms with Gasteiger partial charge in [0.15, 0.2) is 6.10 Å². The molecule has 2 N–H and O–H groups in total. The van der Waals surface area contributed by atoms with Gasteiger partial charge in [-0.25, -0.2) is 4.79 Å². The van der Waals surface area contributed by atoms with Crippen molar-refractivity contribution in [3.05, 3.63) is 0 Å². The van der Waals surface area contributed by atoms with Crippen molar-refractivity contribution in [2.45, 2.75) is 25.4 Å². The maximum Gasteiger partial charge on any atom is 0.332 e. The van der Waals surface area contributed by atoms with Gasteiger partial charge < -0.3 is 15.1 Å². The molecular weight excluding hydrogens is 170 g/mol. The molecule has 0 bridgehead atoms. The smallest absolute Gasteiger partial charge is 0.332 e. The summed E-state index contributed by atoms with van der Waals surface area (Å²) in [4.78, 5) is 12.5. The van der Waals surface area contributed by atoms with E-state index in [4.69, 9.17) is 10.2 Å². The van der Waals surface area contributed by atoms with Crippen molar-refractivity contribution in [2.24, 2.45) is 5.41 Å². The van der Waals surface area contributed by atoms with Crippen LogP contribution >= 0.6 is 0 Å². The van der Waals surface area contributed by atoms with Crippen molar-refractivity contribution in [1.29, 1.82) is 0 Å². The highest BCUT2D eigenvalue weighted by atomic mass is 16.4. The number of carbonyl (C=O) groups is 1. The summed E-state index contributed by atoms with van der Waals surface area (Å²) >= 11 is 0. The second-order valence-electron chi connectivity index (χ2n) is 4.35. The molecule has 1 atom stereocenters. The molecule has 1 aliphatic heterocycles. The first kappa shape index (κ1) is 8.97. The molecule has 1 aliphatic carbocycles. The fourth-order valence-corrected chi connectivity index (χ4v) is 1.98. The number of carboxylic acid groups (broad SMARTS) is 1. The van der Waals surface area contributed by atoms with Gasteiger partial charge in [-0.1, -0.05) is 0 Å². The van der Waals surface area contributed by atoms with Crippen LogP contribution in [0.5, 0.6) is 0 Å². The van der Waals surface area contributed by atoms with Crippen molar-refractivity contribution < 1.29 is 15.0 Å². The second kappa shape index (κ2) is 2.96. The summed E-state index contributed by atoms with van der Waals surface area (Å²) in [5.74, 6) is -1.11. The van der Waals surface area contributed by atoms with Gasteiger partial charge in [-0.15, -0.1) is 0 Å². The topological polar surface area (TPSA) is 60.8 Å². The normalized spacial score (nSPS) is 26.8. The number of hydrogen-bond acceptors (Lipinski definition) is 3. The zero-order valence-corrected chi connectivity index (χ0v) is 7.57. The number of likely N-dealkylation sites (tertiary alicyclic amines) is 1. The molecule has 0 amide bonds. The quantitative estimate of drug-likeness (QED) is 0.643. The van der Waals surface area contributed by atoms with E-state index in [1.807, 2.05) is 0 Å². The fourth-order valence-electron chi connectivity index (χ4n) is 1.98. The van der Waals surface area contributed by atoms with Gasteiger partial charge in [-0.2, -0.15) is 0 Å². The third-order valence-corrected chi connectivity index (χ3v) is 3.08. The Morgan fingerprint density at radius 2 is 2.08 bits per heavy atom. The van der Waals surface area contributed by atoms with E-state index in [2.05, 4.69) is 4.90 Å². The Hall–Kier alpha value is -0.610. The lowest BCUT2D eigenvalue weighted by molar-refractivity contribution is -0.147. The molecule has 1 spiro atoms. The van der Waals surface area contributed by atoms with Crippen molar-refractivity contribution in [3.63, 3.8) is 0 Å². The lowest BCUT2D eigenvalue weighted by Gasteiger charge is -2.40. The van der Waals surface area contributed by atoms with E-state index in [9.17, 15) is 4.79 Å². The Balaban J connectivity index is 1.61. The molecule has 0 aromatic carbocycles. The first-order valence-corrected chi connectivity index (χ1v) is 4.75. The lowest BCUT2D eigenvalue weighted by atomic mass is 9.96. The SMILES string of the molecule is O=C(O)C(O)CCN1CC2(CC2)C1. The molecule has 0 radical (unpaired) electrons. The Morgan fingerprint density at radius 3 is 2.54 bits per heavy atom. The van der Waals surface area contributed by atoms with Crippen LogP contribution in [0, 0.1) is 5.41 Å². The zero-order valence-electron chi connectivity index (χ0n) is 7.57. The van der Waals surface area contributed by atoms with Gasteiger partial charge in [0.2, 0.25) is 0 Å². The van der Waals surface area contributed by atoms with Crippen molar-refractivity contribution in [2.75, 3.05) is 19.6 Å². The standard InChI is InChI=1S/C9H15NO3/c11-7(8(12)13)1-4-10-5-9(6-10)2-3-9/h7,11H,1-6H2,(H,12,13). The maximum absolute atomic E-state index is 10.3. The number of aliphatic hydroxyl groups excluding tert-OH is 1. The van der Waals surface area contributed by atoms with Gasteiger partial charge in [0, 0.05) is 19.6 Å². The summed E-state index contributed by atoms with van der Waals surface area (Å²) in [6, 6.07) is 0. The van der Waals surface area contributed by atoms with Crippen LogP contribution in [0.25, 0.3) is 0 Å². The predicted octanol–water partition coefficient (Wildman–Crippen LogP) is -0.0822. The molecule has 4 heteroatoms. The number of hydrogen-bond donors (Lipinski definition) is 2. The summed E-state index contributed by atoms with van der Waals surface area (Å²) in [6.07, 6.45) is 1.84. The van der Waals surface area contributed by atoms with Crippen LogP contribution in [-0.2, 0) is 4.79 Å². The van der Waals surface area contributed by atoms with Crippen LogP contribution in [0.15, 0.2) is 0 Å². The minimum absolute atomic E-state index is 0.353.